The van der Waals surface area contributed by atoms with Crippen molar-refractivity contribution in [1.82, 2.24) is 4.72 Å². The summed E-state index contributed by atoms with van der Waals surface area (Å²) in [6.45, 7) is 6.62. The van der Waals surface area contributed by atoms with Crippen molar-refractivity contribution < 1.29 is 17.7 Å². The molecule has 2 atom stereocenters. The van der Waals surface area contributed by atoms with Gasteiger partial charge < -0.3 is 10.3 Å². The van der Waals surface area contributed by atoms with E-state index < -0.39 is 34.0 Å². The Bertz CT molecular complexity index is 472. The second-order valence-corrected chi connectivity index (χ2v) is 7.49. The van der Waals surface area contributed by atoms with E-state index in [0.29, 0.717) is 0 Å². The highest BCUT2D eigenvalue weighted by molar-refractivity contribution is 7.90. The van der Waals surface area contributed by atoms with E-state index in [1.165, 1.54) is 19.1 Å². The van der Waals surface area contributed by atoms with Crippen LogP contribution in [0.5, 0.6) is 0 Å². The zero-order chi connectivity index (χ0) is 15.7. The second-order valence-electron chi connectivity index (χ2n) is 5.49. The van der Waals surface area contributed by atoms with E-state index in [-0.39, 0.29) is 11.1 Å². The highest BCUT2D eigenvalue weighted by Crippen LogP contribution is 2.34. The van der Waals surface area contributed by atoms with Gasteiger partial charge >= 0.3 is 6.18 Å². The molecule has 0 aliphatic heterocycles. The smallest absolute Gasteiger partial charge is 0.416 e. The minimum absolute atomic E-state index is 0.0471. The number of rotatable bonds is 3. The van der Waals surface area contributed by atoms with Crippen molar-refractivity contribution in [3.63, 3.8) is 0 Å². The third kappa shape index (κ3) is 4.12. The van der Waals surface area contributed by atoms with Gasteiger partial charge in [-0.25, -0.2) is 0 Å². The molecule has 0 saturated heterocycles. The summed E-state index contributed by atoms with van der Waals surface area (Å²) in [5, 5.41) is 0. The SMILES string of the molecule is Cc1c([C@@H](N)N[S@@+]([O-])C(C)(C)C)cccc1C(F)(F)F. The first kappa shape index (κ1) is 17.3. The van der Waals surface area contributed by atoms with Gasteiger partial charge in [-0.2, -0.15) is 13.2 Å². The van der Waals surface area contributed by atoms with E-state index in [9.17, 15) is 17.7 Å². The number of alkyl halides is 3. The van der Waals surface area contributed by atoms with Crippen LogP contribution in [0.3, 0.4) is 0 Å². The van der Waals surface area contributed by atoms with Gasteiger partial charge in [0.05, 0.1) is 5.56 Å². The molecule has 0 bridgehead atoms. The summed E-state index contributed by atoms with van der Waals surface area (Å²) in [5.41, 5.74) is 5.44. The quantitative estimate of drug-likeness (QED) is 0.666. The Kier molecular flexibility index (Phi) is 5.13. The van der Waals surface area contributed by atoms with Crippen LogP contribution in [0.15, 0.2) is 18.2 Å². The lowest BCUT2D eigenvalue weighted by Gasteiger charge is -2.27. The third-order valence-electron chi connectivity index (χ3n) is 2.81. The fourth-order valence-electron chi connectivity index (χ4n) is 1.65. The second kappa shape index (κ2) is 5.93. The van der Waals surface area contributed by atoms with E-state index >= 15 is 0 Å². The summed E-state index contributed by atoms with van der Waals surface area (Å²) in [6, 6.07) is 3.81. The predicted octanol–water partition coefficient (Wildman–Crippen LogP) is 3.02. The third-order valence-corrected chi connectivity index (χ3v) is 4.39. The maximum atomic E-state index is 12.8. The van der Waals surface area contributed by atoms with E-state index in [0.717, 1.165) is 6.07 Å². The van der Waals surface area contributed by atoms with Crippen molar-refractivity contribution in [3.8, 4) is 0 Å². The number of hydrogen-bond donors (Lipinski definition) is 2. The van der Waals surface area contributed by atoms with Gasteiger partial charge in [0.15, 0.2) is 0 Å². The number of nitrogens with two attached hydrogens (primary N) is 1. The Morgan fingerprint density at radius 3 is 2.25 bits per heavy atom. The summed E-state index contributed by atoms with van der Waals surface area (Å²) in [6.07, 6.45) is -5.35. The van der Waals surface area contributed by atoms with Crippen molar-refractivity contribution in [2.75, 3.05) is 0 Å². The fourth-order valence-corrected chi connectivity index (χ4v) is 2.36. The van der Waals surface area contributed by atoms with Crippen molar-refractivity contribution in [2.45, 2.75) is 44.8 Å². The molecule has 0 aliphatic rings. The first-order valence-electron chi connectivity index (χ1n) is 6.05. The summed E-state index contributed by atoms with van der Waals surface area (Å²) in [5.74, 6) is 0. The molecular weight excluding hydrogens is 289 g/mol. The van der Waals surface area contributed by atoms with Crippen molar-refractivity contribution in [2.24, 2.45) is 5.73 Å². The van der Waals surface area contributed by atoms with Gasteiger partial charge in [0.25, 0.3) is 0 Å². The molecule has 114 valence electrons. The molecule has 1 rings (SSSR count). The molecule has 0 amide bonds. The van der Waals surface area contributed by atoms with Crippen LogP contribution in [0, 0.1) is 6.92 Å². The maximum absolute atomic E-state index is 12.8. The summed E-state index contributed by atoms with van der Waals surface area (Å²) in [7, 11) is 0. The van der Waals surface area contributed by atoms with Gasteiger partial charge in [-0.1, -0.05) is 12.1 Å². The highest BCUT2D eigenvalue weighted by atomic mass is 32.2. The number of benzene rings is 1. The van der Waals surface area contributed by atoms with Gasteiger partial charge in [-0.3, -0.25) is 0 Å². The number of halogens is 3. The average Bonchev–Trinajstić information content (AvgIpc) is 2.26. The molecule has 0 aliphatic carbocycles. The van der Waals surface area contributed by atoms with Crippen LogP contribution >= 0.6 is 0 Å². The molecule has 1 aromatic carbocycles. The molecule has 0 saturated carbocycles. The van der Waals surface area contributed by atoms with Gasteiger partial charge in [0.2, 0.25) is 0 Å². The maximum Gasteiger partial charge on any atom is 0.416 e. The first-order valence-corrected chi connectivity index (χ1v) is 7.20. The minimum Gasteiger partial charge on any atom is -0.598 e. The van der Waals surface area contributed by atoms with Crippen molar-refractivity contribution in [3.05, 3.63) is 34.9 Å². The lowest BCUT2D eigenvalue weighted by molar-refractivity contribution is -0.138. The Morgan fingerprint density at radius 1 is 1.25 bits per heavy atom. The Balaban J connectivity index is 3.03. The van der Waals surface area contributed by atoms with Gasteiger partial charge in [0, 0.05) is 11.4 Å². The van der Waals surface area contributed by atoms with Crippen LogP contribution in [0.4, 0.5) is 13.2 Å². The predicted molar refractivity (Wildman–Crippen MR) is 74.1 cm³/mol. The van der Waals surface area contributed by atoms with Crippen LogP contribution in [0.1, 0.15) is 43.6 Å². The molecule has 1 aromatic rings. The molecule has 0 radical (unpaired) electrons. The van der Waals surface area contributed by atoms with Crippen molar-refractivity contribution in [1.29, 1.82) is 0 Å². The average molecular weight is 308 g/mol. The van der Waals surface area contributed by atoms with E-state index in [1.807, 2.05) is 0 Å². The number of nitrogens with one attached hydrogen (secondary N) is 1. The van der Waals surface area contributed by atoms with Gasteiger partial charge in [-0.05, 0) is 44.9 Å². The van der Waals surface area contributed by atoms with Crippen LogP contribution < -0.4 is 10.5 Å². The Morgan fingerprint density at radius 2 is 1.80 bits per heavy atom. The van der Waals surface area contributed by atoms with E-state index in [4.69, 9.17) is 5.73 Å². The van der Waals surface area contributed by atoms with Crippen molar-refractivity contribution >= 4 is 11.4 Å². The van der Waals surface area contributed by atoms with Crippen LogP contribution in [0.25, 0.3) is 0 Å². The minimum atomic E-state index is -4.43. The largest absolute Gasteiger partial charge is 0.598 e. The first-order chi connectivity index (χ1) is 8.94. The number of hydrogen-bond acceptors (Lipinski definition) is 3. The monoisotopic (exact) mass is 308 g/mol. The standard InChI is InChI=1S/C13H19F3N2OS/c1-8-9(6-5-7-10(8)13(14,15)16)11(17)18-20(19)12(2,3)4/h5-7,11,18H,17H2,1-4H3/t11-,20-/m0/s1. The Labute approximate surface area is 120 Å². The van der Waals surface area contributed by atoms with Crippen LogP contribution in [0.2, 0.25) is 0 Å². The molecule has 0 spiro atoms. The van der Waals surface area contributed by atoms with Gasteiger partial charge in [0.1, 0.15) is 10.9 Å². The molecule has 3 nitrogen and oxygen atoms in total. The molecule has 0 heterocycles. The molecule has 0 fully saturated rings. The zero-order valence-corrected chi connectivity index (χ0v) is 12.7. The van der Waals surface area contributed by atoms with Crippen LogP contribution in [-0.2, 0) is 17.5 Å². The molecule has 0 aromatic heterocycles. The normalized spacial score (nSPS) is 16.1. The van der Waals surface area contributed by atoms with Crippen LogP contribution in [-0.4, -0.2) is 9.30 Å². The van der Waals surface area contributed by atoms with E-state index in [1.54, 1.807) is 20.8 Å². The highest BCUT2D eigenvalue weighted by Gasteiger charge is 2.34. The lowest BCUT2D eigenvalue weighted by Crippen LogP contribution is -2.44. The van der Waals surface area contributed by atoms with Gasteiger partial charge in [-0.15, -0.1) is 4.72 Å². The summed E-state index contributed by atoms with van der Waals surface area (Å²) < 4.78 is 52.5. The fraction of sp³-hybridized carbons (Fsp3) is 0.538. The molecular formula is C13H19F3N2OS. The summed E-state index contributed by atoms with van der Waals surface area (Å²) in [4.78, 5) is 0. The molecule has 20 heavy (non-hydrogen) atoms. The lowest BCUT2D eigenvalue weighted by atomic mass is 10.0. The topological polar surface area (TPSA) is 61.1 Å². The molecule has 7 heteroatoms. The zero-order valence-electron chi connectivity index (χ0n) is 11.8. The summed E-state index contributed by atoms with van der Waals surface area (Å²) >= 11 is -1.46. The Hall–Kier alpha value is -0.760. The molecule has 0 unspecified atom stereocenters. The molecule has 3 N–H and O–H groups in total. The van der Waals surface area contributed by atoms with E-state index in [2.05, 4.69) is 4.72 Å².